The molecule has 15 rings (SSSR count). The summed E-state index contributed by atoms with van der Waals surface area (Å²) in [6.45, 7) is 52.5. The highest BCUT2D eigenvalue weighted by Crippen LogP contribution is 2.57. The predicted molar refractivity (Wildman–Crippen MR) is 511 cm³/mol. The minimum absolute atomic E-state index is 0.188. The van der Waals surface area contributed by atoms with Crippen molar-refractivity contribution in [2.45, 2.75) is 223 Å². The summed E-state index contributed by atoms with van der Waals surface area (Å²) in [6, 6.07) is 36.6. The van der Waals surface area contributed by atoms with Crippen molar-refractivity contribution in [3.63, 3.8) is 0 Å². The molecule has 3 aliphatic carbocycles. The van der Waals surface area contributed by atoms with Gasteiger partial charge >= 0.3 is 0 Å². The number of Topliss-reactive ketones (excluding diaryl/α,β-unsaturated/α-hetero) is 3. The number of anilines is 3. The van der Waals surface area contributed by atoms with E-state index in [9.17, 15) is 29.7 Å². The number of ketones is 3. The number of methoxy groups -OCH3 is 6. The monoisotopic (exact) mass is 1730 g/mol. The van der Waals surface area contributed by atoms with Crippen LogP contribution in [-0.4, -0.2) is 130 Å². The maximum absolute atomic E-state index is 13.8. The molecule has 0 bridgehead atoms. The Morgan fingerprint density at radius 1 is 0.336 bits per heavy atom. The zero-order valence-electron chi connectivity index (χ0n) is 81.2. The first-order chi connectivity index (χ1) is 60.5. The standard InChI is InChI=1S/2C38H48N2O4.C34H40N2O4/c1-23(2)17-19-39-27-13-11-15-29(43-9)33(27)37(5,6)31(39)21-25-35(41)26(36(25)42)22-32-38(7,8)34-28(14-12-16-30(34)44-10)40(32)20-18-24(3)4;1-23(2)16-18-39-29-15-14-25(43-9)20-28(29)37(5,6)32(39)21-26-35(41)27(36(26)42)22-33-38(7,8)34-30(12-11-13-31(34)44-10)40(33)19-17-24(3)4;1-9-15-35-27-13-11-21(39-7)17-25(27)33(3,4)29(35)19-23-31(37)24(32(23)38)20-30-34(5,6)26-18-22(40-8)12-14-28(26)36(30)16-10-2/h11-16,21-24H,17-20H2,1-10H3;11-15,20-24H,16-19H2,1-10H3;11-14,17-20H,9-10,15-16H2,1-8H3. The van der Waals surface area contributed by atoms with Gasteiger partial charge in [0.1, 0.15) is 54.1 Å². The Morgan fingerprint density at radius 3 is 1.03 bits per heavy atom. The molecule has 0 saturated heterocycles. The SMILES string of the molecule is CCCN1/C(=C\C2=C([O-])C(=C\C3=[N+](CCC)c4ccc(OC)cc4C3(C)C)/C2=O)C(C)(C)c2cc(OC)ccc21.COc1ccc2c(c1)C(C)(C)C(=CC1=C([O-])C(=CC3=[N+](CCC(C)C)c4cccc(OC)c4C3(C)C)C1=O)N2CCC(C)C.COc1cccc2c1C(C)(C)C(C=C1C(=O)C(/C=C3\N(CCC(C)C)c4cccc(OC)c4C3(C)C)=C1[O-])=[N+]2CCC(C)C. The maximum atomic E-state index is 13.8. The molecule has 0 radical (unpaired) electrons. The van der Waals surface area contributed by atoms with E-state index in [2.05, 4.69) is 235 Å². The van der Waals surface area contributed by atoms with Crippen LogP contribution in [0.4, 0.5) is 34.1 Å². The first kappa shape index (κ1) is 94.2. The molecule has 6 heterocycles. The van der Waals surface area contributed by atoms with E-state index >= 15 is 0 Å². The Labute approximate surface area is 761 Å². The van der Waals surface area contributed by atoms with Gasteiger partial charge in [-0.3, -0.25) is 14.4 Å². The summed E-state index contributed by atoms with van der Waals surface area (Å²) in [4.78, 5) is 48.0. The third-order valence-corrected chi connectivity index (χ3v) is 27.7. The molecule has 128 heavy (non-hydrogen) atoms. The molecule has 9 aliphatic rings. The Bertz CT molecular complexity index is 5880. The van der Waals surface area contributed by atoms with Crippen molar-refractivity contribution in [2.75, 3.05) is 96.6 Å². The fourth-order valence-corrected chi connectivity index (χ4v) is 20.3. The summed E-state index contributed by atoms with van der Waals surface area (Å²) in [6.07, 6.45) is 16.9. The molecule has 0 atom stereocenters. The second-order valence-corrected chi connectivity index (χ2v) is 40.2. The summed E-state index contributed by atoms with van der Waals surface area (Å²) in [5.74, 6) is 5.75. The van der Waals surface area contributed by atoms with Gasteiger partial charge in [0.2, 0.25) is 17.1 Å². The highest BCUT2D eigenvalue weighted by Gasteiger charge is 2.53. The molecule has 18 nitrogen and oxygen atoms in total. The van der Waals surface area contributed by atoms with Gasteiger partial charge in [-0.05, 0) is 187 Å². The van der Waals surface area contributed by atoms with Crippen molar-refractivity contribution in [3.05, 3.63) is 247 Å². The number of benzene rings is 6. The fourth-order valence-electron chi connectivity index (χ4n) is 20.3. The first-order valence-corrected chi connectivity index (χ1v) is 46.1. The van der Waals surface area contributed by atoms with Gasteiger partial charge < -0.3 is 58.4 Å². The highest BCUT2D eigenvalue weighted by molar-refractivity contribution is 6.26. The van der Waals surface area contributed by atoms with Crippen molar-refractivity contribution >= 4 is 68.6 Å². The summed E-state index contributed by atoms with van der Waals surface area (Å²) in [7, 11) is 10.1. The lowest BCUT2D eigenvalue weighted by molar-refractivity contribution is -0.439. The lowest BCUT2D eigenvalue weighted by Crippen LogP contribution is -2.35. The molecule has 678 valence electrons. The smallest absolute Gasteiger partial charge is 0.213 e. The van der Waals surface area contributed by atoms with E-state index < -0.39 is 21.7 Å². The zero-order chi connectivity index (χ0) is 93.3. The van der Waals surface area contributed by atoms with Crippen LogP contribution in [0.25, 0.3) is 0 Å². The molecule has 0 spiro atoms. The number of carbonyl (C=O) groups excluding carboxylic acids is 3. The van der Waals surface area contributed by atoms with E-state index in [0.717, 1.165) is 214 Å². The Kier molecular flexibility index (Phi) is 26.7. The summed E-state index contributed by atoms with van der Waals surface area (Å²) in [5.41, 5.74) is 18.0. The third-order valence-electron chi connectivity index (χ3n) is 27.7. The van der Waals surface area contributed by atoms with Crippen LogP contribution < -0.4 is 58.4 Å². The molecule has 0 unspecified atom stereocenters. The summed E-state index contributed by atoms with van der Waals surface area (Å²) in [5, 5.41) is 41.2. The lowest BCUT2D eigenvalue weighted by Gasteiger charge is -2.33. The third kappa shape index (κ3) is 16.5. The van der Waals surface area contributed by atoms with Crippen LogP contribution >= 0.6 is 0 Å². The molecular weight excluding hydrogens is 1600 g/mol. The van der Waals surface area contributed by atoms with Crippen LogP contribution in [0.5, 0.6) is 34.5 Å². The zero-order valence-corrected chi connectivity index (χ0v) is 81.2. The number of allylic oxidation sites excluding steroid dienone is 15. The molecule has 6 aliphatic heterocycles. The number of hydrogen-bond acceptors (Lipinski definition) is 15. The Balaban J connectivity index is 0.000000164. The van der Waals surface area contributed by atoms with Crippen molar-refractivity contribution in [3.8, 4) is 34.5 Å². The van der Waals surface area contributed by atoms with Crippen LogP contribution in [0.1, 0.15) is 224 Å². The summed E-state index contributed by atoms with van der Waals surface area (Å²) >= 11 is 0. The van der Waals surface area contributed by atoms with Gasteiger partial charge in [0.25, 0.3) is 0 Å². The van der Waals surface area contributed by atoms with E-state index in [0.29, 0.717) is 23.7 Å². The minimum atomic E-state index is -0.444. The topological polar surface area (TPSA) is 195 Å². The van der Waals surface area contributed by atoms with E-state index in [1.54, 1.807) is 42.7 Å². The maximum Gasteiger partial charge on any atom is 0.213 e. The second kappa shape index (κ2) is 36.3. The van der Waals surface area contributed by atoms with E-state index in [-0.39, 0.29) is 78.9 Å². The average Bonchev–Trinajstić information content (AvgIpc) is 1.61. The number of hydrogen-bond donors (Lipinski definition) is 0. The van der Waals surface area contributed by atoms with Crippen molar-refractivity contribution < 1.29 is 71.9 Å². The van der Waals surface area contributed by atoms with Gasteiger partial charge in [0, 0.05) is 170 Å². The predicted octanol–water partition coefficient (Wildman–Crippen LogP) is 19.7. The first-order valence-electron chi connectivity index (χ1n) is 46.1. The van der Waals surface area contributed by atoms with E-state index in [1.807, 2.05) is 91.1 Å². The van der Waals surface area contributed by atoms with Crippen molar-refractivity contribution in [2.24, 2.45) is 23.7 Å². The van der Waals surface area contributed by atoms with Gasteiger partial charge in [0.15, 0.2) is 34.5 Å². The van der Waals surface area contributed by atoms with Crippen LogP contribution in [0.3, 0.4) is 0 Å². The number of ether oxygens (including phenoxy) is 6. The van der Waals surface area contributed by atoms with Gasteiger partial charge in [-0.1, -0.05) is 146 Å². The van der Waals surface area contributed by atoms with Crippen molar-refractivity contribution in [1.82, 2.24) is 0 Å². The fraction of sp³-hybridized carbons (Fsp3) is 0.455. The Hall–Kier alpha value is -11.4. The average molecular weight is 1730 g/mol. The van der Waals surface area contributed by atoms with Crippen LogP contribution in [0.2, 0.25) is 0 Å². The quantitative estimate of drug-likeness (QED) is 0.0332. The van der Waals surface area contributed by atoms with Crippen molar-refractivity contribution in [1.29, 1.82) is 0 Å². The normalized spacial score (nSPS) is 20.4. The Morgan fingerprint density at radius 2 is 0.672 bits per heavy atom. The van der Waals surface area contributed by atoms with E-state index in [4.69, 9.17) is 28.4 Å². The van der Waals surface area contributed by atoms with Crippen LogP contribution in [0.15, 0.2) is 213 Å². The van der Waals surface area contributed by atoms with E-state index in [1.165, 1.54) is 0 Å². The van der Waals surface area contributed by atoms with Crippen LogP contribution in [-0.2, 0) is 46.9 Å². The van der Waals surface area contributed by atoms with Gasteiger partial charge in [-0.25, -0.2) is 0 Å². The molecule has 0 N–H and O–H groups in total. The highest BCUT2D eigenvalue weighted by atomic mass is 16.5. The molecule has 18 heteroatoms. The van der Waals surface area contributed by atoms with Crippen LogP contribution in [0, 0.1) is 23.7 Å². The largest absolute Gasteiger partial charge is 0.871 e. The molecule has 0 saturated carbocycles. The molecule has 0 amide bonds. The number of fused-ring (bicyclic) bond motifs is 6. The molecule has 0 fully saturated rings. The van der Waals surface area contributed by atoms with Gasteiger partial charge in [0.05, 0.1) is 70.0 Å². The number of carbonyl (C=O) groups is 3. The summed E-state index contributed by atoms with van der Waals surface area (Å²) < 4.78 is 40.7. The van der Waals surface area contributed by atoms with Gasteiger partial charge in [-0.15, -0.1) is 0 Å². The minimum Gasteiger partial charge on any atom is -0.871 e. The lowest BCUT2D eigenvalue weighted by atomic mass is 9.77. The molecular formula is C110H136N6O12. The molecule has 6 aromatic carbocycles. The molecule has 6 aromatic rings. The second-order valence-electron chi connectivity index (χ2n) is 40.2. The number of rotatable bonds is 28. The molecule has 0 aromatic heterocycles. The number of nitrogens with zero attached hydrogens (tertiary/aromatic N) is 6. The van der Waals surface area contributed by atoms with Gasteiger partial charge in [-0.2, -0.15) is 13.7 Å².